The van der Waals surface area contributed by atoms with Crippen LogP contribution in [0.2, 0.25) is 0 Å². The van der Waals surface area contributed by atoms with E-state index in [1.807, 2.05) is 23.1 Å². The molecule has 140 valence electrons. The number of aryl methyl sites for hydroxylation is 1. The van der Waals surface area contributed by atoms with Gasteiger partial charge in [-0.1, -0.05) is 12.1 Å². The van der Waals surface area contributed by atoms with E-state index in [-0.39, 0.29) is 11.7 Å². The van der Waals surface area contributed by atoms with Crippen LogP contribution in [0, 0.1) is 0 Å². The molecule has 1 aliphatic heterocycles. The summed E-state index contributed by atoms with van der Waals surface area (Å²) in [6, 6.07) is 7.33. The van der Waals surface area contributed by atoms with Gasteiger partial charge < -0.3 is 14.2 Å². The van der Waals surface area contributed by atoms with Crippen molar-refractivity contribution >= 4 is 22.8 Å². The highest BCUT2D eigenvalue weighted by molar-refractivity contribution is 5.76. The second kappa shape index (κ2) is 7.61. The number of anilines is 1. The van der Waals surface area contributed by atoms with Crippen molar-refractivity contribution in [2.24, 2.45) is 0 Å². The molecule has 2 aromatic heterocycles. The lowest BCUT2D eigenvalue weighted by atomic mass is 10.2. The molecule has 3 heterocycles. The van der Waals surface area contributed by atoms with Crippen molar-refractivity contribution in [3.8, 4) is 0 Å². The number of amides is 1. The third kappa shape index (κ3) is 3.69. The minimum Gasteiger partial charge on any atom is -0.408 e. The predicted octanol–water partition coefficient (Wildman–Crippen LogP) is 1.51. The normalized spacial score (nSPS) is 14.7. The number of nitrogens with zero attached hydrogens (tertiary/aromatic N) is 5. The zero-order valence-corrected chi connectivity index (χ0v) is 15.0. The van der Waals surface area contributed by atoms with E-state index in [0.717, 1.165) is 24.4 Å². The highest BCUT2D eigenvalue weighted by Gasteiger charge is 2.21. The molecule has 0 aliphatic carbocycles. The Bertz CT molecular complexity index is 974. The lowest BCUT2D eigenvalue weighted by Gasteiger charge is -2.35. The van der Waals surface area contributed by atoms with Crippen molar-refractivity contribution < 1.29 is 9.21 Å². The molecule has 1 aliphatic rings. The Morgan fingerprint density at radius 3 is 2.70 bits per heavy atom. The molecule has 0 bridgehead atoms. The Hall–Kier alpha value is -3.16. The summed E-state index contributed by atoms with van der Waals surface area (Å²) in [5.74, 6) is 0.590. The van der Waals surface area contributed by atoms with E-state index in [0.29, 0.717) is 38.1 Å². The maximum atomic E-state index is 12.5. The fourth-order valence-corrected chi connectivity index (χ4v) is 3.41. The molecule has 1 aromatic carbocycles. The standard InChI is InChI=1S/C19H21N5O3/c25-18(23-12-10-22(11-13-23)17-14-20-7-8-21-17)6-3-9-24-15-4-1-2-5-16(15)27-19(24)26/h1-2,4-5,7-8,14H,3,6,9-13H2. The van der Waals surface area contributed by atoms with Gasteiger partial charge >= 0.3 is 5.76 Å². The van der Waals surface area contributed by atoms with E-state index < -0.39 is 0 Å². The van der Waals surface area contributed by atoms with E-state index in [1.54, 1.807) is 29.2 Å². The van der Waals surface area contributed by atoms with E-state index in [1.165, 1.54) is 0 Å². The van der Waals surface area contributed by atoms with E-state index >= 15 is 0 Å². The smallest absolute Gasteiger partial charge is 0.408 e. The van der Waals surface area contributed by atoms with E-state index in [9.17, 15) is 9.59 Å². The Balaban J connectivity index is 1.29. The fraction of sp³-hybridized carbons (Fsp3) is 0.368. The average Bonchev–Trinajstić information content (AvgIpc) is 3.04. The molecule has 4 rings (SSSR count). The number of carbonyl (C=O) groups excluding carboxylic acids is 1. The van der Waals surface area contributed by atoms with Crippen LogP contribution in [-0.2, 0) is 11.3 Å². The minimum absolute atomic E-state index is 0.120. The van der Waals surface area contributed by atoms with Crippen LogP contribution in [0.4, 0.5) is 5.82 Å². The molecule has 0 radical (unpaired) electrons. The number of carbonyl (C=O) groups is 1. The Morgan fingerprint density at radius 2 is 1.93 bits per heavy atom. The van der Waals surface area contributed by atoms with Crippen LogP contribution in [0.25, 0.3) is 11.1 Å². The van der Waals surface area contributed by atoms with Crippen molar-refractivity contribution in [3.05, 3.63) is 53.4 Å². The number of rotatable bonds is 5. The third-order valence-corrected chi connectivity index (χ3v) is 4.85. The zero-order valence-electron chi connectivity index (χ0n) is 15.0. The zero-order chi connectivity index (χ0) is 18.6. The summed E-state index contributed by atoms with van der Waals surface area (Å²) in [7, 11) is 0. The predicted molar refractivity (Wildman–Crippen MR) is 101 cm³/mol. The van der Waals surface area contributed by atoms with Crippen molar-refractivity contribution in [3.63, 3.8) is 0 Å². The number of aromatic nitrogens is 3. The first-order valence-electron chi connectivity index (χ1n) is 9.09. The maximum Gasteiger partial charge on any atom is 0.419 e. The summed E-state index contributed by atoms with van der Waals surface area (Å²) >= 11 is 0. The van der Waals surface area contributed by atoms with Crippen LogP contribution < -0.4 is 10.7 Å². The summed E-state index contributed by atoms with van der Waals surface area (Å²) in [6.07, 6.45) is 6.08. The van der Waals surface area contributed by atoms with Gasteiger partial charge in [0, 0.05) is 51.5 Å². The topological polar surface area (TPSA) is 84.5 Å². The van der Waals surface area contributed by atoms with Crippen LogP contribution in [0.5, 0.6) is 0 Å². The highest BCUT2D eigenvalue weighted by Crippen LogP contribution is 2.14. The molecule has 1 saturated heterocycles. The van der Waals surface area contributed by atoms with Gasteiger partial charge in [0.1, 0.15) is 5.82 Å². The second-order valence-corrected chi connectivity index (χ2v) is 6.52. The average molecular weight is 367 g/mol. The quantitative estimate of drug-likeness (QED) is 0.680. The molecular formula is C19H21N5O3. The van der Waals surface area contributed by atoms with Crippen molar-refractivity contribution in [1.82, 2.24) is 19.4 Å². The van der Waals surface area contributed by atoms with Crippen LogP contribution in [0.1, 0.15) is 12.8 Å². The Labute approximate surface area is 156 Å². The molecule has 0 spiro atoms. The lowest BCUT2D eigenvalue weighted by molar-refractivity contribution is -0.131. The summed E-state index contributed by atoms with van der Waals surface area (Å²) in [5.41, 5.74) is 1.35. The maximum absolute atomic E-state index is 12.5. The highest BCUT2D eigenvalue weighted by atomic mass is 16.4. The van der Waals surface area contributed by atoms with Gasteiger partial charge in [0.2, 0.25) is 5.91 Å². The summed E-state index contributed by atoms with van der Waals surface area (Å²) in [5, 5.41) is 0. The monoisotopic (exact) mass is 367 g/mol. The molecule has 0 unspecified atom stereocenters. The van der Waals surface area contributed by atoms with Crippen LogP contribution in [0.15, 0.2) is 52.1 Å². The second-order valence-electron chi connectivity index (χ2n) is 6.52. The third-order valence-electron chi connectivity index (χ3n) is 4.85. The SMILES string of the molecule is O=C(CCCn1c(=O)oc2ccccc21)N1CCN(c2cnccn2)CC1. The number of benzene rings is 1. The Kier molecular flexibility index (Phi) is 4.86. The lowest BCUT2D eigenvalue weighted by Crippen LogP contribution is -2.49. The summed E-state index contributed by atoms with van der Waals surface area (Å²) in [6.45, 7) is 3.31. The number of hydrogen-bond donors (Lipinski definition) is 0. The number of oxazole rings is 1. The van der Waals surface area contributed by atoms with Crippen LogP contribution in [0.3, 0.4) is 0 Å². The van der Waals surface area contributed by atoms with Gasteiger partial charge in [0.15, 0.2) is 5.58 Å². The number of hydrogen-bond acceptors (Lipinski definition) is 6. The van der Waals surface area contributed by atoms with Crippen molar-refractivity contribution in [2.75, 3.05) is 31.1 Å². The van der Waals surface area contributed by atoms with Crippen LogP contribution in [-0.4, -0.2) is 51.5 Å². The molecule has 0 saturated carbocycles. The van der Waals surface area contributed by atoms with Gasteiger partial charge in [-0.15, -0.1) is 0 Å². The first-order chi connectivity index (χ1) is 13.2. The Morgan fingerprint density at radius 1 is 1.11 bits per heavy atom. The van der Waals surface area contributed by atoms with Gasteiger partial charge in [-0.25, -0.2) is 9.78 Å². The largest absolute Gasteiger partial charge is 0.419 e. The van der Waals surface area contributed by atoms with E-state index in [2.05, 4.69) is 14.9 Å². The fourth-order valence-electron chi connectivity index (χ4n) is 3.41. The van der Waals surface area contributed by atoms with Gasteiger partial charge in [-0.2, -0.15) is 0 Å². The summed E-state index contributed by atoms with van der Waals surface area (Å²) in [4.78, 5) is 36.9. The molecular weight excluding hydrogens is 346 g/mol. The molecule has 27 heavy (non-hydrogen) atoms. The van der Waals surface area contributed by atoms with Crippen molar-refractivity contribution in [1.29, 1.82) is 0 Å². The minimum atomic E-state index is -0.374. The molecule has 1 amide bonds. The molecule has 8 heteroatoms. The first kappa shape index (κ1) is 17.3. The van der Waals surface area contributed by atoms with E-state index in [4.69, 9.17) is 4.42 Å². The summed E-state index contributed by atoms with van der Waals surface area (Å²) < 4.78 is 6.81. The number of fused-ring (bicyclic) bond motifs is 1. The number of para-hydroxylation sites is 2. The van der Waals surface area contributed by atoms with Gasteiger partial charge in [-0.05, 0) is 18.6 Å². The molecule has 0 N–H and O–H groups in total. The molecule has 0 atom stereocenters. The van der Waals surface area contributed by atoms with Gasteiger partial charge in [-0.3, -0.25) is 14.3 Å². The van der Waals surface area contributed by atoms with Crippen molar-refractivity contribution in [2.45, 2.75) is 19.4 Å². The van der Waals surface area contributed by atoms with Crippen LogP contribution >= 0.6 is 0 Å². The first-order valence-corrected chi connectivity index (χ1v) is 9.09. The van der Waals surface area contributed by atoms with Gasteiger partial charge in [0.05, 0.1) is 11.7 Å². The number of piperazine rings is 1. The molecule has 1 fully saturated rings. The van der Waals surface area contributed by atoms with Gasteiger partial charge in [0.25, 0.3) is 0 Å². The molecule has 3 aromatic rings. The molecule has 8 nitrogen and oxygen atoms in total.